The number of aromatic amines is 1. The highest BCUT2D eigenvalue weighted by Crippen LogP contribution is 2.41. The molecular weight excluding hydrogens is 421 g/mol. The van der Waals surface area contributed by atoms with Gasteiger partial charge in [0.05, 0.1) is 5.39 Å². The molecule has 6 nitrogen and oxygen atoms in total. The number of thiophene rings is 1. The number of hydrogen-bond acceptors (Lipinski definition) is 5. The molecular formula is C20H17F3N2O4S. The Morgan fingerprint density at radius 2 is 2.00 bits per heavy atom. The molecule has 10 heteroatoms. The normalized spacial score (nSPS) is 16.3. The first-order valence-corrected chi connectivity index (χ1v) is 10.0. The van der Waals surface area contributed by atoms with E-state index in [2.05, 4.69) is 22.0 Å². The molecule has 1 aromatic carbocycles. The maximum Gasteiger partial charge on any atom is 0.573 e. The first kappa shape index (κ1) is 20.3. The highest BCUT2D eigenvalue weighted by atomic mass is 32.1. The first-order chi connectivity index (χ1) is 14.1. The number of rotatable bonds is 3. The van der Waals surface area contributed by atoms with E-state index in [9.17, 15) is 27.9 Å². The van der Waals surface area contributed by atoms with Crippen molar-refractivity contribution in [2.75, 3.05) is 5.32 Å². The van der Waals surface area contributed by atoms with E-state index < -0.39 is 29.1 Å². The van der Waals surface area contributed by atoms with Gasteiger partial charge in [0.15, 0.2) is 0 Å². The first-order valence-electron chi connectivity index (χ1n) is 9.19. The number of halogens is 3. The number of amides is 1. The van der Waals surface area contributed by atoms with Crippen LogP contribution in [0.1, 0.15) is 34.1 Å². The smallest absolute Gasteiger partial charge is 0.506 e. The lowest BCUT2D eigenvalue weighted by atomic mass is 9.89. The van der Waals surface area contributed by atoms with Gasteiger partial charge in [-0.1, -0.05) is 6.92 Å². The van der Waals surface area contributed by atoms with E-state index in [1.165, 1.54) is 23.5 Å². The van der Waals surface area contributed by atoms with Crippen molar-refractivity contribution in [1.82, 2.24) is 4.98 Å². The number of ether oxygens (including phenoxy) is 1. The minimum atomic E-state index is -4.82. The van der Waals surface area contributed by atoms with Gasteiger partial charge in [-0.05, 0) is 55.0 Å². The lowest BCUT2D eigenvalue weighted by molar-refractivity contribution is -0.274. The van der Waals surface area contributed by atoms with Crippen LogP contribution in [0.2, 0.25) is 0 Å². The summed E-state index contributed by atoms with van der Waals surface area (Å²) in [5.74, 6) is -1.17. The number of carbonyl (C=O) groups excluding carboxylic acids is 1. The Hall–Kier alpha value is -3.01. The van der Waals surface area contributed by atoms with Gasteiger partial charge in [-0.15, -0.1) is 24.5 Å². The lowest BCUT2D eigenvalue weighted by Crippen LogP contribution is -2.23. The summed E-state index contributed by atoms with van der Waals surface area (Å²) in [6.07, 6.45) is -2.27. The number of carbonyl (C=O) groups is 1. The van der Waals surface area contributed by atoms with Crippen molar-refractivity contribution in [2.24, 2.45) is 5.92 Å². The maximum atomic E-state index is 12.7. The predicted molar refractivity (Wildman–Crippen MR) is 106 cm³/mol. The van der Waals surface area contributed by atoms with Crippen LogP contribution in [-0.2, 0) is 12.8 Å². The van der Waals surface area contributed by atoms with Crippen LogP contribution in [0.4, 0.5) is 18.9 Å². The van der Waals surface area contributed by atoms with E-state index in [1.807, 2.05) is 0 Å². The highest BCUT2D eigenvalue weighted by Gasteiger charge is 2.31. The molecule has 0 saturated carbocycles. The number of benzene rings is 1. The number of nitrogens with one attached hydrogen (secondary N) is 2. The summed E-state index contributed by atoms with van der Waals surface area (Å²) in [5.41, 5.74) is -0.0716. The highest BCUT2D eigenvalue weighted by molar-refractivity contribution is 7.18. The number of hydrogen-bond donors (Lipinski definition) is 3. The van der Waals surface area contributed by atoms with Crippen LogP contribution in [0.25, 0.3) is 10.2 Å². The number of aromatic hydroxyl groups is 1. The zero-order valence-electron chi connectivity index (χ0n) is 15.7. The zero-order chi connectivity index (χ0) is 21.6. The summed E-state index contributed by atoms with van der Waals surface area (Å²) in [6.45, 7) is 2.14. The van der Waals surface area contributed by atoms with Gasteiger partial charge in [-0.3, -0.25) is 9.59 Å². The Balaban J connectivity index is 1.64. The van der Waals surface area contributed by atoms with E-state index in [-0.39, 0.29) is 11.4 Å². The average Bonchev–Trinajstić information content (AvgIpc) is 2.99. The third kappa shape index (κ3) is 3.87. The van der Waals surface area contributed by atoms with Crippen LogP contribution < -0.4 is 15.6 Å². The molecule has 30 heavy (non-hydrogen) atoms. The molecule has 1 aliphatic rings. The Labute approximate surface area is 172 Å². The molecule has 1 amide bonds. The molecule has 158 valence electrons. The van der Waals surface area contributed by atoms with Gasteiger partial charge in [0.2, 0.25) is 0 Å². The summed E-state index contributed by atoms with van der Waals surface area (Å²) in [7, 11) is 0. The van der Waals surface area contributed by atoms with E-state index in [0.29, 0.717) is 16.1 Å². The second-order valence-electron chi connectivity index (χ2n) is 7.26. The van der Waals surface area contributed by atoms with Crippen molar-refractivity contribution in [2.45, 2.75) is 32.5 Å². The monoisotopic (exact) mass is 438 g/mol. The number of anilines is 1. The van der Waals surface area contributed by atoms with Crippen LogP contribution in [0.15, 0.2) is 29.1 Å². The molecule has 3 aromatic rings. The summed E-state index contributed by atoms with van der Waals surface area (Å²) in [6, 6.07) is 4.48. The molecule has 1 aliphatic carbocycles. The molecule has 1 atom stereocenters. The fourth-order valence-corrected chi connectivity index (χ4v) is 5.04. The molecule has 0 fully saturated rings. The Kier molecular flexibility index (Phi) is 4.97. The van der Waals surface area contributed by atoms with Gasteiger partial charge in [-0.25, -0.2) is 0 Å². The molecule has 2 aromatic heterocycles. The third-order valence-corrected chi connectivity index (χ3v) is 6.18. The van der Waals surface area contributed by atoms with Crippen LogP contribution in [0, 0.1) is 5.92 Å². The Morgan fingerprint density at radius 3 is 2.67 bits per heavy atom. The molecule has 3 N–H and O–H groups in total. The van der Waals surface area contributed by atoms with Gasteiger partial charge in [0.1, 0.15) is 21.9 Å². The quantitative estimate of drug-likeness (QED) is 0.559. The lowest BCUT2D eigenvalue weighted by Gasteiger charge is -2.18. The van der Waals surface area contributed by atoms with Crippen LogP contribution >= 0.6 is 11.3 Å². The topological polar surface area (TPSA) is 91.4 Å². The van der Waals surface area contributed by atoms with Crippen molar-refractivity contribution >= 4 is 33.1 Å². The number of aromatic nitrogens is 1. The van der Waals surface area contributed by atoms with Gasteiger partial charge in [-0.2, -0.15) is 0 Å². The van der Waals surface area contributed by atoms with Gasteiger partial charge in [0, 0.05) is 10.6 Å². The third-order valence-electron chi connectivity index (χ3n) is 5.01. The molecule has 2 heterocycles. The summed E-state index contributed by atoms with van der Waals surface area (Å²) >= 11 is 1.41. The predicted octanol–water partition coefficient (Wildman–Crippen LogP) is 4.57. The summed E-state index contributed by atoms with van der Waals surface area (Å²) < 4.78 is 40.5. The van der Waals surface area contributed by atoms with Crippen LogP contribution in [-0.4, -0.2) is 22.4 Å². The second kappa shape index (κ2) is 7.35. The molecule has 0 aliphatic heterocycles. The summed E-state index contributed by atoms with van der Waals surface area (Å²) in [5, 5.41) is 13.7. The summed E-state index contributed by atoms with van der Waals surface area (Å²) in [4.78, 5) is 29.4. The molecule has 0 radical (unpaired) electrons. The van der Waals surface area contributed by atoms with Crippen molar-refractivity contribution in [3.63, 3.8) is 0 Å². The van der Waals surface area contributed by atoms with Crippen molar-refractivity contribution in [3.8, 4) is 11.5 Å². The number of pyridine rings is 1. The minimum Gasteiger partial charge on any atom is -0.506 e. The standard InChI is InChI=1S/C20H17F3N2O4S/c1-9-2-7-12-13(8-9)30-19-14(12)16(26)15(18(28)25-19)17(27)24-10-3-5-11(6-4-10)29-20(21,22)23/h3-6,9H,2,7-8H2,1H3,(H,24,27)(H2,25,26,28)/t9-/m0/s1. The Morgan fingerprint density at radius 1 is 1.30 bits per heavy atom. The number of aryl methyl sites for hydroxylation is 1. The van der Waals surface area contributed by atoms with Crippen LogP contribution in [0.5, 0.6) is 11.5 Å². The van der Waals surface area contributed by atoms with Gasteiger partial charge >= 0.3 is 6.36 Å². The average molecular weight is 438 g/mol. The zero-order valence-corrected chi connectivity index (χ0v) is 16.5. The minimum absolute atomic E-state index is 0.148. The maximum absolute atomic E-state index is 12.7. The van der Waals surface area contributed by atoms with Crippen molar-refractivity contribution in [1.29, 1.82) is 0 Å². The number of alkyl halides is 3. The fraction of sp³-hybridized carbons (Fsp3) is 0.300. The Bertz CT molecular complexity index is 1180. The van der Waals surface area contributed by atoms with Gasteiger partial charge < -0.3 is 20.1 Å². The molecule has 4 rings (SSSR count). The van der Waals surface area contributed by atoms with Crippen molar-refractivity contribution in [3.05, 3.63) is 50.6 Å². The van der Waals surface area contributed by atoms with E-state index in [0.717, 1.165) is 41.8 Å². The molecule has 0 unspecified atom stereocenters. The van der Waals surface area contributed by atoms with E-state index >= 15 is 0 Å². The van der Waals surface area contributed by atoms with Gasteiger partial charge in [0.25, 0.3) is 11.5 Å². The molecule has 0 saturated heterocycles. The van der Waals surface area contributed by atoms with Crippen molar-refractivity contribution < 1.29 is 27.8 Å². The molecule has 0 spiro atoms. The number of H-pyrrole nitrogens is 1. The van der Waals surface area contributed by atoms with Crippen LogP contribution in [0.3, 0.4) is 0 Å². The van der Waals surface area contributed by atoms with E-state index in [4.69, 9.17) is 0 Å². The largest absolute Gasteiger partial charge is 0.573 e. The molecule has 0 bridgehead atoms. The number of fused-ring (bicyclic) bond motifs is 3. The SMILES string of the molecule is C[C@H]1CCc2c(sc3[nH]c(=O)c(C(=O)Nc4ccc(OC(F)(F)F)cc4)c(O)c23)C1. The fourth-order valence-electron chi connectivity index (χ4n) is 3.63. The van der Waals surface area contributed by atoms with E-state index in [1.54, 1.807) is 0 Å². The second-order valence-corrected chi connectivity index (χ2v) is 8.37.